The zero-order valence-corrected chi connectivity index (χ0v) is 10.5. The molecule has 0 bridgehead atoms. The zero-order chi connectivity index (χ0) is 12.3. The smallest absolute Gasteiger partial charge is 0.122 e. The van der Waals surface area contributed by atoms with Crippen LogP contribution in [-0.4, -0.2) is 31.1 Å². The van der Waals surface area contributed by atoms with Gasteiger partial charge in [0.1, 0.15) is 11.5 Å². The van der Waals surface area contributed by atoms with Gasteiger partial charge in [-0.2, -0.15) is 5.26 Å². The van der Waals surface area contributed by atoms with Gasteiger partial charge in [0.25, 0.3) is 0 Å². The van der Waals surface area contributed by atoms with E-state index in [0.717, 1.165) is 43.3 Å². The molecule has 0 aromatic carbocycles. The third kappa shape index (κ3) is 2.68. The Bertz CT molecular complexity index is 393. The molecule has 92 valence electrons. The van der Waals surface area contributed by atoms with Gasteiger partial charge in [-0.25, -0.2) is 0 Å². The minimum absolute atomic E-state index is 0.106. The molecule has 1 aromatic rings. The van der Waals surface area contributed by atoms with E-state index in [1.54, 1.807) is 0 Å². The molecule has 1 aromatic heterocycles. The summed E-state index contributed by atoms with van der Waals surface area (Å²) in [5.41, 5.74) is 1.16. The van der Waals surface area contributed by atoms with Crippen LogP contribution in [0, 0.1) is 25.2 Å². The Kier molecular flexibility index (Phi) is 3.82. The van der Waals surface area contributed by atoms with E-state index in [1.807, 2.05) is 13.8 Å². The van der Waals surface area contributed by atoms with Crippen LogP contribution in [0.5, 0.6) is 0 Å². The number of aryl methyl sites for hydroxylation is 2. The zero-order valence-electron chi connectivity index (χ0n) is 10.5. The number of hydrogen-bond donors (Lipinski definition) is 1. The molecule has 4 nitrogen and oxygen atoms in total. The van der Waals surface area contributed by atoms with Crippen molar-refractivity contribution >= 4 is 0 Å². The van der Waals surface area contributed by atoms with Crippen LogP contribution in [-0.2, 0) is 0 Å². The molecule has 0 unspecified atom stereocenters. The summed E-state index contributed by atoms with van der Waals surface area (Å²) in [5.74, 6) is 1.89. The highest BCUT2D eigenvalue weighted by Gasteiger charge is 2.25. The molecule has 0 spiro atoms. The van der Waals surface area contributed by atoms with E-state index in [4.69, 9.17) is 9.68 Å². The molecular formula is C13H19N3O. The fraction of sp³-hybridized carbons (Fsp3) is 0.615. The van der Waals surface area contributed by atoms with E-state index in [0.29, 0.717) is 6.42 Å². The second-order valence-corrected chi connectivity index (χ2v) is 4.55. The summed E-state index contributed by atoms with van der Waals surface area (Å²) in [5, 5.41) is 12.3. The van der Waals surface area contributed by atoms with Crippen molar-refractivity contribution in [1.82, 2.24) is 10.2 Å². The molecule has 1 atom stereocenters. The second kappa shape index (κ2) is 5.35. The molecule has 1 saturated heterocycles. The lowest BCUT2D eigenvalue weighted by Gasteiger charge is -2.32. The molecular weight excluding hydrogens is 214 g/mol. The molecule has 0 saturated carbocycles. The van der Waals surface area contributed by atoms with Crippen molar-refractivity contribution in [2.45, 2.75) is 26.3 Å². The summed E-state index contributed by atoms with van der Waals surface area (Å²) in [6.45, 7) is 7.95. The van der Waals surface area contributed by atoms with Gasteiger partial charge in [0.05, 0.1) is 18.5 Å². The van der Waals surface area contributed by atoms with E-state index >= 15 is 0 Å². The van der Waals surface area contributed by atoms with Gasteiger partial charge in [-0.1, -0.05) is 0 Å². The predicted molar refractivity (Wildman–Crippen MR) is 65.6 cm³/mol. The number of nitrogens with zero attached hydrogens (tertiary/aromatic N) is 2. The molecule has 0 radical (unpaired) electrons. The van der Waals surface area contributed by atoms with E-state index in [-0.39, 0.29) is 6.04 Å². The van der Waals surface area contributed by atoms with Gasteiger partial charge >= 0.3 is 0 Å². The van der Waals surface area contributed by atoms with Crippen molar-refractivity contribution in [1.29, 1.82) is 5.26 Å². The topological polar surface area (TPSA) is 52.2 Å². The molecule has 2 heterocycles. The third-order valence-corrected chi connectivity index (χ3v) is 3.39. The predicted octanol–water partition coefficient (Wildman–Crippen LogP) is 1.76. The molecule has 0 amide bonds. The van der Waals surface area contributed by atoms with Gasteiger partial charge in [-0.15, -0.1) is 0 Å². The summed E-state index contributed by atoms with van der Waals surface area (Å²) < 4.78 is 5.77. The fourth-order valence-electron chi connectivity index (χ4n) is 2.26. The quantitative estimate of drug-likeness (QED) is 0.864. The first-order valence-electron chi connectivity index (χ1n) is 6.11. The first-order valence-corrected chi connectivity index (χ1v) is 6.11. The molecule has 17 heavy (non-hydrogen) atoms. The van der Waals surface area contributed by atoms with Gasteiger partial charge < -0.3 is 9.73 Å². The standard InChI is InChI=1S/C13H19N3O/c1-10-9-13(17-11(10)2)12(3-4-14)16-7-5-15-6-8-16/h9,12,15H,3,5-8H2,1-2H3/t12-/m1/s1. The third-order valence-electron chi connectivity index (χ3n) is 3.39. The van der Waals surface area contributed by atoms with Crippen LogP contribution in [0.3, 0.4) is 0 Å². The van der Waals surface area contributed by atoms with E-state index in [2.05, 4.69) is 22.4 Å². The van der Waals surface area contributed by atoms with Crippen molar-refractivity contribution in [2.75, 3.05) is 26.2 Å². The summed E-state index contributed by atoms with van der Waals surface area (Å²) in [6, 6.07) is 4.45. The minimum atomic E-state index is 0.106. The van der Waals surface area contributed by atoms with Crippen molar-refractivity contribution in [3.05, 3.63) is 23.2 Å². The Balaban J connectivity index is 2.18. The number of hydrogen-bond acceptors (Lipinski definition) is 4. The highest BCUT2D eigenvalue weighted by Crippen LogP contribution is 2.27. The van der Waals surface area contributed by atoms with Crippen LogP contribution in [0.25, 0.3) is 0 Å². The monoisotopic (exact) mass is 233 g/mol. The number of piperazine rings is 1. The molecule has 0 aliphatic carbocycles. The lowest BCUT2D eigenvalue weighted by molar-refractivity contribution is 0.156. The average Bonchev–Trinajstić information content (AvgIpc) is 2.67. The fourth-order valence-corrected chi connectivity index (χ4v) is 2.26. The largest absolute Gasteiger partial charge is 0.464 e. The maximum Gasteiger partial charge on any atom is 0.122 e. The van der Waals surface area contributed by atoms with Crippen molar-refractivity contribution in [3.8, 4) is 6.07 Å². The highest BCUT2D eigenvalue weighted by atomic mass is 16.3. The average molecular weight is 233 g/mol. The van der Waals surface area contributed by atoms with Gasteiger partial charge in [0.15, 0.2) is 0 Å². The molecule has 1 N–H and O–H groups in total. The Morgan fingerprint density at radius 1 is 1.47 bits per heavy atom. The van der Waals surface area contributed by atoms with E-state index < -0.39 is 0 Å². The first-order chi connectivity index (χ1) is 8.22. The first kappa shape index (κ1) is 12.2. The Morgan fingerprint density at radius 2 is 2.18 bits per heavy atom. The van der Waals surface area contributed by atoms with Crippen LogP contribution in [0.15, 0.2) is 10.5 Å². The maximum absolute atomic E-state index is 8.97. The summed E-state index contributed by atoms with van der Waals surface area (Å²) in [4.78, 5) is 2.33. The lowest BCUT2D eigenvalue weighted by Crippen LogP contribution is -2.45. The Labute approximate surface area is 102 Å². The van der Waals surface area contributed by atoms with Crippen molar-refractivity contribution < 1.29 is 4.42 Å². The summed E-state index contributed by atoms with van der Waals surface area (Å²) >= 11 is 0. The van der Waals surface area contributed by atoms with E-state index in [1.165, 1.54) is 0 Å². The normalized spacial score (nSPS) is 18.9. The SMILES string of the molecule is Cc1cc([C@@H](CC#N)N2CCNCC2)oc1C. The molecule has 1 aliphatic rings. The molecule has 4 heteroatoms. The highest BCUT2D eigenvalue weighted by molar-refractivity contribution is 5.21. The van der Waals surface area contributed by atoms with Crippen LogP contribution >= 0.6 is 0 Å². The number of rotatable bonds is 3. The maximum atomic E-state index is 8.97. The van der Waals surface area contributed by atoms with Gasteiger partial charge in [-0.05, 0) is 25.5 Å². The molecule has 1 aliphatic heterocycles. The molecule has 1 fully saturated rings. The number of nitriles is 1. The van der Waals surface area contributed by atoms with Gasteiger partial charge in [0, 0.05) is 26.2 Å². The van der Waals surface area contributed by atoms with Crippen molar-refractivity contribution in [3.63, 3.8) is 0 Å². The summed E-state index contributed by atoms with van der Waals surface area (Å²) in [7, 11) is 0. The summed E-state index contributed by atoms with van der Waals surface area (Å²) in [6.07, 6.45) is 0.492. The Morgan fingerprint density at radius 3 is 2.71 bits per heavy atom. The van der Waals surface area contributed by atoms with Crippen LogP contribution in [0.2, 0.25) is 0 Å². The number of furan rings is 1. The van der Waals surface area contributed by atoms with Crippen molar-refractivity contribution in [2.24, 2.45) is 0 Å². The van der Waals surface area contributed by atoms with Crippen LogP contribution in [0.4, 0.5) is 0 Å². The van der Waals surface area contributed by atoms with E-state index in [9.17, 15) is 0 Å². The second-order valence-electron chi connectivity index (χ2n) is 4.55. The van der Waals surface area contributed by atoms with Gasteiger partial charge in [-0.3, -0.25) is 4.90 Å². The Hall–Kier alpha value is -1.31. The minimum Gasteiger partial charge on any atom is -0.464 e. The van der Waals surface area contributed by atoms with Crippen LogP contribution < -0.4 is 5.32 Å². The molecule has 2 rings (SSSR count). The lowest BCUT2D eigenvalue weighted by atomic mass is 10.1. The van der Waals surface area contributed by atoms with Crippen LogP contribution in [0.1, 0.15) is 29.5 Å². The van der Waals surface area contributed by atoms with Gasteiger partial charge in [0.2, 0.25) is 0 Å². The number of nitrogens with one attached hydrogen (secondary N) is 1.